The fraction of sp³-hybridized carbons (Fsp3) is 0.222. The lowest BCUT2D eigenvalue weighted by molar-refractivity contribution is -0.442. The molecule has 0 spiro atoms. The highest BCUT2D eigenvalue weighted by atomic mass is 79.9. The third-order valence-corrected chi connectivity index (χ3v) is 5.97. The van der Waals surface area contributed by atoms with Gasteiger partial charge in [-0.1, -0.05) is 28.1 Å². The van der Waals surface area contributed by atoms with Crippen molar-refractivity contribution in [2.75, 3.05) is 0 Å². The second-order valence-corrected chi connectivity index (χ2v) is 8.25. The van der Waals surface area contributed by atoms with Gasteiger partial charge in [-0.15, -0.1) is 11.3 Å². The Morgan fingerprint density at radius 1 is 1.32 bits per heavy atom. The summed E-state index contributed by atoms with van der Waals surface area (Å²) in [6.07, 6.45) is -0.937. The Morgan fingerprint density at radius 3 is 2.80 bits per heavy atom. The molecule has 1 aliphatic heterocycles. The maximum absolute atomic E-state index is 12.8. The predicted molar refractivity (Wildman–Crippen MR) is 97.9 cm³/mol. The number of carbonyl (C=O) groups is 1. The van der Waals surface area contributed by atoms with Gasteiger partial charge in [-0.25, -0.2) is 4.98 Å². The van der Waals surface area contributed by atoms with Crippen LogP contribution in [0, 0.1) is 11.8 Å². The van der Waals surface area contributed by atoms with E-state index in [1.54, 1.807) is 6.92 Å². The van der Waals surface area contributed by atoms with Crippen LogP contribution in [0.3, 0.4) is 0 Å². The second kappa shape index (κ2) is 5.79. The average molecular weight is 418 g/mol. The molecular weight excluding hydrogens is 404 g/mol. The first-order chi connectivity index (χ1) is 11.9. The van der Waals surface area contributed by atoms with Crippen molar-refractivity contribution in [2.24, 2.45) is 0 Å². The summed E-state index contributed by atoms with van der Waals surface area (Å²) >= 11 is 4.72. The van der Waals surface area contributed by atoms with Crippen LogP contribution in [0.15, 0.2) is 45.7 Å². The smallest absolute Gasteiger partial charge is 0.256 e. The van der Waals surface area contributed by atoms with Crippen molar-refractivity contribution in [1.29, 1.82) is 0 Å². The van der Waals surface area contributed by atoms with Gasteiger partial charge in [0.15, 0.2) is 6.10 Å². The molecule has 2 aliphatic rings. The largest absolute Gasteiger partial charge is 0.379 e. The molecule has 4 rings (SSSR count). The summed E-state index contributed by atoms with van der Waals surface area (Å²) in [6.45, 7) is 3.52. The van der Waals surface area contributed by atoms with Crippen molar-refractivity contribution in [2.45, 2.75) is 26.4 Å². The van der Waals surface area contributed by atoms with Crippen LogP contribution in [0.2, 0.25) is 0 Å². The number of nitrogens with zero attached hydrogens (tertiary/aromatic N) is 2. The van der Waals surface area contributed by atoms with E-state index in [0.717, 1.165) is 19.8 Å². The van der Waals surface area contributed by atoms with Crippen LogP contribution < -0.4 is 0 Å². The Morgan fingerprint density at radius 2 is 2.08 bits per heavy atom. The number of Topliss-reactive ketones (excluding diaryl/α,β-unsaturated/α-hetero) is 1. The molecule has 5 nitrogen and oxygen atoms in total. The van der Waals surface area contributed by atoms with Gasteiger partial charge < -0.3 is 5.11 Å². The fourth-order valence-electron chi connectivity index (χ4n) is 3.35. The number of allylic oxidation sites excluding steroid dienone is 3. The number of aromatic nitrogens is 1. The van der Waals surface area contributed by atoms with Crippen molar-refractivity contribution in [3.05, 3.63) is 71.8 Å². The lowest BCUT2D eigenvalue weighted by Gasteiger charge is -2.16. The number of ketones is 1. The Kier molecular flexibility index (Phi) is 3.82. The number of halogens is 1. The summed E-state index contributed by atoms with van der Waals surface area (Å²) in [7, 11) is 0. The Balaban J connectivity index is 1.90. The lowest BCUT2D eigenvalue weighted by atomic mass is 9.87. The van der Waals surface area contributed by atoms with Gasteiger partial charge in [0.2, 0.25) is 11.5 Å². The van der Waals surface area contributed by atoms with Gasteiger partial charge in [-0.05, 0) is 24.6 Å². The molecule has 2 aromatic rings. The zero-order valence-corrected chi connectivity index (χ0v) is 15.9. The monoisotopic (exact) mass is 417 g/mol. The van der Waals surface area contributed by atoms with Gasteiger partial charge in [0.25, 0.3) is 5.70 Å². The van der Waals surface area contributed by atoms with Crippen LogP contribution in [0.4, 0.5) is 0 Å². The van der Waals surface area contributed by atoms with Crippen molar-refractivity contribution in [1.82, 2.24) is 4.98 Å². The molecule has 0 saturated carbocycles. The van der Waals surface area contributed by atoms with E-state index in [1.165, 1.54) is 11.3 Å². The number of hydrogen-bond donors (Lipinski definition) is 1. The van der Waals surface area contributed by atoms with E-state index in [1.807, 2.05) is 31.2 Å². The van der Waals surface area contributed by atoms with Gasteiger partial charge in [0.05, 0.1) is 32.3 Å². The van der Waals surface area contributed by atoms with E-state index < -0.39 is 11.9 Å². The Labute approximate surface area is 156 Å². The van der Waals surface area contributed by atoms with Crippen molar-refractivity contribution < 1.29 is 14.7 Å². The average Bonchev–Trinajstić information content (AvgIpc) is 3.06. The maximum atomic E-state index is 12.8. The third-order valence-electron chi connectivity index (χ3n) is 4.45. The minimum Gasteiger partial charge on any atom is -0.379 e. The summed E-state index contributed by atoms with van der Waals surface area (Å²) in [4.78, 5) is 30.5. The lowest BCUT2D eigenvalue weighted by Crippen LogP contribution is -2.21. The number of rotatable bonds is 2. The van der Waals surface area contributed by atoms with Crippen molar-refractivity contribution >= 4 is 38.6 Å². The molecule has 1 aromatic carbocycles. The molecule has 1 aliphatic carbocycles. The first-order valence-electron chi connectivity index (χ1n) is 7.74. The number of aryl methyl sites for hydroxylation is 1. The highest BCUT2D eigenvalue weighted by Crippen LogP contribution is 2.47. The molecule has 0 fully saturated rings. The quantitative estimate of drug-likeness (QED) is 0.753. The van der Waals surface area contributed by atoms with Crippen LogP contribution in [0.5, 0.6) is 0 Å². The number of fused-ring (bicyclic) bond motifs is 3. The number of benzene rings is 1. The summed E-state index contributed by atoms with van der Waals surface area (Å²) < 4.78 is 1.71. The third kappa shape index (κ3) is 2.46. The topological polar surface area (TPSA) is 70.3 Å². The number of aliphatic hydroxyl groups is 1. The number of carbonyl (C=O) groups excluding carboxylic acids is 1. The van der Waals surface area contributed by atoms with Crippen LogP contribution in [-0.4, -0.2) is 20.6 Å². The number of aliphatic hydroxyl groups excluding tert-OH is 1. The molecule has 0 bridgehead atoms. The molecule has 1 atom stereocenters. The van der Waals surface area contributed by atoms with Crippen molar-refractivity contribution in [3.8, 4) is 0 Å². The molecule has 126 valence electrons. The summed E-state index contributed by atoms with van der Waals surface area (Å²) in [5, 5.41) is 11.2. The van der Waals surface area contributed by atoms with Crippen LogP contribution in [0.1, 0.15) is 34.2 Å². The first kappa shape index (κ1) is 16.5. The highest BCUT2D eigenvalue weighted by molar-refractivity contribution is 9.10. The molecule has 1 N–H and O–H groups in total. The van der Waals surface area contributed by atoms with E-state index in [9.17, 15) is 14.8 Å². The Hall–Kier alpha value is -1.96. The number of hydrogen-bond acceptors (Lipinski definition) is 5. The number of thiazole rings is 1. The summed E-state index contributed by atoms with van der Waals surface area (Å²) in [5.74, 6) is -0.422. The van der Waals surface area contributed by atoms with Gasteiger partial charge in [-0.2, -0.15) is 0 Å². The highest BCUT2D eigenvalue weighted by Gasteiger charge is 2.49. The molecule has 7 heteroatoms. The van der Waals surface area contributed by atoms with E-state index in [-0.39, 0.29) is 0 Å². The summed E-state index contributed by atoms with van der Waals surface area (Å²) in [6, 6.07) is 7.60. The first-order valence-corrected chi connectivity index (χ1v) is 9.35. The van der Waals surface area contributed by atoms with E-state index in [4.69, 9.17) is 0 Å². The molecule has 2 heterocycles. The molecule has 0 radical (unpaired) electrons. The van der Waals surface area contributed by atoms with Gasteiger partial charge in [0, 0.05) is 16.3 Å². The maximum Gasteiger partial charge on any atom is 0.256 e. The Bertz CT molecular complexity index is 1020. The SMILES string of the molecule is CC1=C2C(=C(Cc3cccc(Br)c3)[N+]1=O)C(=O)C(O)c1sc(C)nc12. The fourth-order valence-corrected chi connectivity index (χ4v) is 4.71. The molecule has 25 heavy (non-hydrogen) atoms. The summed E-state index contributed by atoms with van der Waals surface area (Å²) in [5.41, 5.74) is 3.16. The van der Waals surface area contributed by atoms with Gasteiger partial charge >= 0.3 is 0 Å². The van der Waals surface area contributed by atoms with Gasteiger partial charge in [-0.3, -0.25) is 4.79 Å². The molecule has 1 aromatic heterocycles. The van der Waals surface area contributed by atoms with Gasteiger partial charge in [0.1, 0.15) is 5.57 Å². The van der Waals surface area contributed by atoms with E-state index in [2.05, 4.69) is 20.9 Å². The van der Waals surface area contributed by atoms with Crippen LogP contribution in [-0.2, 0) is 11.2 Å². The normalized spacial score (nSPS) is 19.6. The van der Waals surface area contributed by atoms with E-state index in [0.29, 0.717) is 39.5 Å². The molecule has 1 unspecified atom stereocenters. The minimum atomic E-state index is -1.25. The molecule has 0 saturated heterocycles. The zero-order chi connectivity index (χ0) is 17.9. The van der Waals surface area contributed by atoms with Crippen LogP contribution >= 0.6 is 27.3 Å². The standard InChI is InChI=1S/C18H14BrN2O3S/c1-8-13-14(16(22)17(23)18-15(13)20-9(2)25-18)12(21(8)24)7-10-4-3-5-11(19)6-10/h3-6,17,23H,7H2,1-2H3/q+1. The minimum absolute atomic E-state index is 0.303. The van der Waals surface area contributed by atoms with Crippen LogP contribution in [0.25, 0.3) is 5.57 Å². The second-order valence-electron chi connectivity index (χ2n) is 6.10. The molecular formula is C18H14BrN2O3S+. The zero-order valence-electron chi connectivity index (χ0n) is 13.5. The van der Waals surface area contributed by atoms with E-state index >= 15 is 0 Å². The molecule has 0 amide bonds. The predicted octanol–water partition coefficient (Wildman–Crippen LogP) is 3.85. The van der Waals surface area contributed by atoms with Crippen molar-refractivity contribution in [3.63, 3.8) is 0 Å². The number of nitroso groups, excluding NO2 is 1.